The molecule has 0 fully saturated rings. The van der Waals surface area contributed by atoms with Crippen LogP contribution in [0.15, 0.2) is 115 Å². The predicted molar refractivity (Wildman–Crippen MR) is 153 cm³/mol. The highest BCUT2D eigenvalue weighted by atomic mass is 31.1. The predicted octanol–water partition coefficient (Wildman–Crippen LogP) is 5.75. The lowest BCUT2D eigenvalue weighted by Gasteiger charge is -2.24. The Bertz CT molecular complexity index is 1280. The third kappa shape index (κ3) is 7.53. The van der Waals surface area contributed by atoms with Crippen molar-refractivity contribution in [3.05, 3.63) is 126 Å². The Morgan fingerprint density at radius 1 is 0.711 bits per heavy atom. The van der Waals surface area contributed by atoms with Crippen LogP contribution in [-0.4, -0.2) is 17.7 Å². The topological polar surface area (TPSA) is 64.6 Å². The molecule has 1 atom stereocenters. The molecule has 38 heavy (non-hydrogen) atoms. The van der Waals surface area contributed by atoms with E-state index < -0.39 is 31.6 Å². The summed E-state index contributed by atoms with van der Waals surface area (Å²) in [4.78, 5) is 25.8. The van der Waals surface area contributed by atoms with Crippen molar-refractivity contribution < 1.29 is 19.1 Å². The number of rotatable bonds is 8. The van der Waals surface area contributed by atoms with Crippen LogP contribution in [0.4, 0.5) is 4.79 Å². The lowest BCUT2D eigenvalue weighted by Crippen LogP contribution is -2.38. The maximum Gasteiger partial charge on any atom is 0.408 e. The summed E-state index contributed by atoms with van der Waals surface area (Å²) in [6.07, 6.45) is -0.681. The molecule has 0 radical (unpaired) electrons. The van der Waals surface area contributed by atoms with Crippen molar-refractivity contribution in [3.8, 4) is 0 Å². The minimum absolute atomic E-state index is 0.109. The molecular weight excluding hydrogens is 493 g/mol. The van der Waals surface area contributed by atoms with Crippen molar-refractivity contribution in [1.82, 2.24) is 5.32 Å². The van der Waals surface area contributed by atoms with Gasteiger partial charge in [0.25, 0.3) is 0 Å². The Balaban J connectivity index is 1.61. The van der Waals surface area contributed by atoms with Gasteiger partial charge in [0.1, 0.15) is 12.2 Å². The van der Waals surface area contributed by atoms with Gasteiger partial charge < -0.3 is 14.8 Å². The second kappa shape index (κ2) is 12.5. The van der Waals surface area contributed by atoms with Gasteiger partial charge in [-0.15, -0.1) is 0 Å². The minimum Gasteiger partial charge on any atom is -0.459 e. The first-order valence-electron chi connectivity index (χ1n) is 12.5. The van der Waals surface area contributed by atoms with E-state index in [2.05, 4.69) is 29.6 Å². The smallest absolute Gasteiger partial charge is 0.408 e. The number of carbonyl (C=O) groups excluding carboxylic acids is 2. The van der Waals surface area contributed by atoms with Crippen LogP contribution in [-0.2, 0) is 20.9 Å². The van der Waals surface area contributed by atoms with E-state index in [0.717, 1.165) is 10.9 Å². The van der Waals surface area contributed by atoms with E-state index in [1.807, 2.05) is 91.0 Å². The zero-order valence-electron chi connectivity index (χ0n) is 21.8. The number of nitrogens with one attached hydrogen (secondary N) is 1. The maximum absolute atomic E-state index is 13.2. The normalized spacial score (nSPS) is 12.0. The van der Waals surface area contributed by atoms with Crippen LogP contribution >= 0.6 is 7.92 Å². The van der Waals surface area contributed by atoms with Crippen LogP contribution in [0.1, 0.15) is 37.9 Å². The van der Waals surface area contributed by atoms with Crippen molar-refractivity contribution in [2.45, 2.75) is 39.0 Å². The van der Waals surface area contributed by atoms with Gasteiger partial charge in [-0.05, 0) is 55.7 Å². The van der Waals surface area contributed by atoms with E-state index >= 15 is 0 Å². The van der Waals surface area contributed by atoms with Gasteiger partial charge in [-0.1, -0.05) is 115 Å². The second-order valence-corrected chi connectivity index (χ2v) is 12.0. The maximum atomic E-state index is 13.2. The van der Waals surface area contributed by atoms with Gasteiger partial charge in [0.2, 0.25) is 0 Å². The van der Waals surface area contributed by atoms with Crippen molar-refractivity contribution in [1.29, 1.82) is 0 Å². The SMILES string of the molecule is CC(C)(C)OC(=O)N[C@H](C(=O)OCc1ccccc1)c1ccc(P(c2ccccc2)c2ccccc2)cc1. The summed E-state index contributed by atoms with van der Waals surface area (Å²) in [5, 5.41) is 6.30. The molecular formula is C32H32NO4P. The summed E-state index contributed by atoms with van der Waals surface area (Å²) < 4.78 is 11.0. The third-order valence-corrected chi connectivity index (χ3v) is 8.08. The molecule has 0 aromatic heterocycles. The second-order valence-electron chi connectivity index (χ2n) is 9.77. The number of benzene rings is 4. The number of ether oxygens (including phenoxy) is 2. The van der Waals surface area contributed by atoms with E-state index in [0.29, 0.717) is 5.56 Å². The van der Waals surface area contributed by atoms with Gasteiger partial charge in [-0.25, -0.2) is 9.59 Å². The van der Waals surface area contributed by atoms with E-state index in [9.17, 15) is 9.59 Å². The van der Waals surface area contributed by atoms with Crippen LogP contribution in [0, 0.1) is 0 Å². The molecule has 0 saturated heterocycles. The molecule has 0 spiro atoms. The molecule has 4 aromatic carbocycles. The number of amides is 1. The van der Waals surface area contributed by atoms with Crippen LogP contribution in [0.25, 0.3) is 0 Å². The number of hydrogen-bond donors (Lipinski definition) is 1. The Kier molecular flexibility index (Phi) is 8.93. The van der Waals surface area contributed by atoms with Crippen molar-refractivity contribution in [2.24, 2.45) is 0 Å². The zero-order chi connectivity index (χ0) is 27.0. The van der Waals surface area contributed by atoms with E-state index in [1.165, 1.54) is 10.6 Å². The van der Waals surface area contributed by atoms with Gasteiger partial charge in [-0.2, -0.15) is 0 Å². The van der Waals surface area contributed by atoms with Gasteiger partial charge in [0.05, 0.1) is 0 Å². The third-order valence-electron chi connectivity index (χ3n) is 5.63. The van der Waals surface area contributed by atoms with Crippen molar-refractivity contribution in [2.75, 3.05) is 0 Å². The molecule has 0 unspecified atom stereocenters. The lowest BCUT2D eigenvalue weighted by atomic mass is 10.1. The van der Waals surface area contributed by atoms with Gasteiger partial charge in [0.15, 0.2) is 6.04 Å². The highest BCUT2D eigenvalue weighted by Crippen LogP contribution is 2.33. The molecule has 4 aromatic rings. The number of carbonyl (C=O) groups is 2. The first kappa shape index (κ1) is 27.1. The molecule has 0 aliphatic heterocycles. The molecule has 1 amide bonds. The van der Waals surface area contributed by atoms with Crippen LogP contribution < -0.4 is 21.2 Å². The standard InChI is InChI=1S/C32H32NO4P/c1-32(2,3)37-31(35)33-29(30(34)36-23-24-13-7-4-8-14-24)25-19-21-28(22-20-25)38(26-15-9-5-10-16-26)27-17-11-6-12-18-27/h4-22,29H,23H2,1-3H3,(H,33,35)/t29-/m0/s1. The molecule has 0 bridgehead atoms. The first-order valence-corrected chi connectivity index (χ1v) is 13.8. The number of esters is 1. The van der Waals surface area contributed by atoms with Crippen molar-refractivity contribution >= 4 is 35.9 Å². The fourth-order valence-corrected chi connectivity index (χ4v) is 6.22. The Morgan fingerprint density at radius 3 is 1.68 bits per heavy atom. The molecule has 6 heteroatoms. The summed E-state index contributed by atoms with van der Waals surface area (Å²) >= 11 is 0. The number of alkyl carbamates (subject to hydrolysis) is 1. The molecule has 0 aliphatic carbocycles. The summed E-state index contributed by atoms with van der Waals surface area (Å²) in [7, 11) is -0.793. The monoisotopic (exact) mass is 525 g/mol. The fourth-order valence-electron chi connectivity index (χ4n) is 3.93. The van der Waals surface area contributed by atoms with Gasteiger partial charge in [0, 0.05) is 0 Å². The largest absolute Gasteiger partial charge is 0.459 e. The van der Waals surface area contributed by atoms with Crippen LogP contribution in [0.3, 0.4) is 0 Å². The molecule has 0 aliphatic rings. The lowest BCUT2D eigenvalue weighted by molar-refractivity contribution is -0.147. The van der Waals surface area contributed by atoms with E-state index in [4.69, 9.17) is 9.47 Å². The first-order chi connectivity index (χ1) is 18.3. The van der Waals surface area contributed by atoms with E-state index in [-0.39, 0.29) is 6.61 Å². The average molecular weight is 526 g/mol. The van der Waals surface area contributed by atoms with E-state index in [1.54, 1.807) is 20.8 Å². The van der Waals surface area contributed by atoms with Gasteiger partial charge >= 0.3 is 12.1 Å². The summed E-state index contributed by atoms with van der Waals surface area (Å²) in [6, 6.07) is 37.0. The summed E-state index contributed by atoms with van der Waals surface area (Å²) in [5.74, 6) is -0.555. The highest BCUT2D eigenvalue weighted by molar-refractivity contribution is 7.79. The zero-order valence-corrected chi connectivity index (χ0v) is 22.7. The summed E-state index contributed by atoms with van der Waals surface area (Å²) in [5.41, 5.74) is 0.783. The molecule has 194 valence electrons. The fraction of sp³-hybridized carbons (Fsp3) is 0.188. The molecule has 4 rings (SSSR count). The van der Waals surface area contributed by atoms with Gasteiger partial charge in [-0.3, -0.25) is 0 Å². The highest BCUT2D eigenvalue weighted by Gasteiger charge is 2.28. The molecule has 0 saturated carbocycles. The number of hydrogen-bond acceptors (Lipinski definition) is 4. The molecule has 1 N–H and O–H groups in total. The molecule has 0 heterocycles. The van der Waals surface area contributed by atoms with Crippen molar-refractivity contribution in [3.63, 3.8) is 0 Å². The quantitative estimate of drug-likeness (QED) is 0.235. The average Bonchev–Trinajstić information content (AvgIpc) is 2.92. The Hall–Kier alpha value is -3.95. The molecule has 5 nitrogen and oxygen atoms in total. The van der Waals surface area contributed by atoms with Crippen LogP contribution in [0.2, 0.25) is 0 Å². The Morgan fingerprint density at radius 2 is 1.18 bits per heavy atom. The minimum atomic E-state index is -1.01. The summed E-state index contributed by atoms with van der Waals surface area (Å²) in [6.45, 7) is 5.44. The van der Waals surface area contributed by atoms with Crippen LogP contribution in [0.5, 0.6) is 0 Å². The Labute approximate surface area is 225 Å².